The number of fused-ring (bicyclic) bond motifs is 1. The van der Waals surface area contributed by atoms with Crippen LogP contribution < -0.4 is 5.32 Å². The molecule has 0 saturated carbocycles. The highest BCUT2D eigenvalue weighted by atomic mass is 15.4. The molecule has 1 N–H and O–H groups in total. The number of aromatic nitrogens is 2. The summed E-state index contributed by atoms with van der Waals surface area (Å²) in [7, 11) is 0. The first-order valence-corrected chi connectivity index (χ1v) is 7.65. The van der Waals surface area contributed by atoms with Gasteiger partial charge in [0.2, 0.25) is 0 Å². The van der Waals surface area contributed by atoms with Crippen LogP contribution >= 0.6 is 0 Å². The summed E-state index contributed by atoms with van der Waals surface area (Å²) in [4.78, 5) is 0. The van der Waals surface area contributed by atoms with Crippen molar-refractivity contribution in [2.75, 3.05) is 5.32 Å². The Hall–Kier alpha value is -1.77. The molecular weight excluding hydrogens is 246 g/mol. The summed E-state index contributed by atoms with van der Waals surface area (Å²) in [5.74, 6) is 1.17. The third kappa shape index (κ3) is 2.21. The maximum Gasteiger partial charge on any atom is 0.125 e. The van der Waals surface area contributed by atoms with Crippen molar-refractivity contribution in [3.8, 4) is 11.3 Å². The molecule has 1 aliphatic heterocycles. The van der Waals surface area contributed by atoms with Crippen LogP contribution in [0.15, 0.2) is 30.3 Å². The van der Waals surface area contributed by atoms with E-state index < -0.39 is 0 Å². The molecule has 1 aromatic heterocycles. The summed E-state index contributed by atoms with van der Waals surface area (Å²) in [5.41, 5.74) is 3.60. The van der Waals surface area contributed by atoms with Gasteiger partial charge in [-0.05, 0) is 31.7 Å². The molecule has 3 heteroatoms. The zero-order valence-electron chi connectivity index (χ0n) is 12.6. The van der Waals surface area contributed by atoms with Gasteiger partial charge in [0.15, 0.2) is 0 Å². The van der Waals surface area contributed by atoms with Crippen LogP contribution in [0.4, 0.5) is 5.82 Å². The minimum Gasteiger partial charge on any atom is -0.367 e. The maximum absolute atomic E-state index is 4.86. The molecule has 0 spiro atoms. The summed E-state index contributed by atoms with van der Waals surface area (Å²) in [6, 6.07) is 11.8. The van der Waals surface area contributed by atoms with E-state index in [-0.39, 0.29) is 0 Å². The summed E-state index contributed by atoms with van der Waals surface area (Å²) < 4.78 is 2.19. The number of rotatable bonds is 3. The lowest BCUT2D eigenvalue weighted by Gasteiger charge is -2.31. The van der Waals surface area contributed by atoms with Gasteiger partial charge in [-0.3, -0.25) is 0 Å². The average Bonchev–Trinajstić information content (AvgIpc) is 2.90. The van der Waals surface area contributed by atoms with Gasteiger partial charge < -0.3 is 5.32 Å². The van der Waals surface area contributed by atoms with E-state index in [9.17, 15) is 0 Å². The lowest BCUT2D eigenvalue weighted by atomic mass is 10.0. The van der Waals surface area contributed by atoms with Crippen molar-refractivity contribution in [3.05, 3.63) is 35.9 Å². The molecule has 3 rings (SSSR count). The number of hydrogen-bond donors (Lipinski definition) is 1. The topological polar surface area (TPSA) is 29.9 Å². The van der Waals surface area contributed by atoms with E-state index in [2.05, 4.69) is 61.1 Å². The largest absolute Gasteiger partial charge is 0.367 e. The van der Waals surface area contributed by atoms with Crippen LogP contribution in [-0.4, -0.2) is 15.8 Å². The Labute approximate surface area is 121 Å². The van der Waals surface area contributed by atoms with E-state index in [0.29, 0.717) is 12.1 Å². The number of nitrogens with one attached hydrogen (secondary N) is 1. The van der Waals surface area contributed by atoms with Crippen molar-refractivity contribution < 1.29 is 0 Å². The molecule has 2 unspecified atom stereocenters. The van der Waals surface area contributed by atoms with Gasteiger partial charge in [-0.25, -0.2) is 4.68 Å². The van der Waals surface area contributed by atoms with Crippen molar-refractivity contribution in [3.63, 3.8) is 0 Å². The lowest BCUT2D eigenvalue weighted by molar-refractivity contribution is 0.363. The van der Waals surface area contributed by atoms with Crippen molar-refractivity contribution in [1.29, 1.82) is 0 Å². The number of benzene rings is 1. The minimum absolute atomic E-state index is 0.522. The molecule has 0 fully saturated rings. The second-order valence-electron chi connectivity index (χ2n) is 5.72. The Morgan fingerprint density at radius 2 is 2.05 bits per heavy atom. The van der Waals surface area contributed by atoms with E-state index in [4.69, 9.17) is 5.10 Å². The predicted molar refractivity (Wildman–Crippen MR) is 84.0 cm³/mol. The van der Waals surface area contributed by atoms with Gasteiger partial charge in [0.1, 0.15) is 5.82 Å². The van der Waals surface area contributed by atoms with Crippen molar-refractivity contribution in [2.24, 2.45) is 0 Å². The Morgan fingerprint density at radius 1 is 1.25 bits per heavy atom. The van der Waals surface area contributed by atoms with Crippen LogP contribution in [-0.2, 0) is 0 Å². The Bertz CT molecular complexity index is 600. The summed E-state index contributed by atoms with van der Waals surface area (Å²) >= 11 is 0. The molecule has 0 bridgehead atoms. The zero-order valence-corrected chi connectivity index (χ0v) is 12.6. The molecule has 2 aromatic rings. The van der Waals surface area contributed by atoms with E-state index in [0.717, 1.165) is 12.1 Å². The van der Waals surface area contributed by atoms with Crippen LogP contribution in [0, 0.1) is 6.92 Å². The summed E-state index contributed by atoms with van der Waals surface area (Å²) in [5, 5.41) is 8.48. The Balaban J connectivity index is 2.02. The highest BCUT2D eigenvalue weighted by Gasteiger charge is 2.26. The van der Waals surface area contributed by atoms with Crippen LogP contribution in [0.25, 0.3) is 11.3 Å². The molecule has 0 aliphatic carbocycles. The standard InChI is InChI=1S/C17H23N3/c1-4-13-10-14(5-2)20-17(18-13)11-16(19-20)15-9-7-6-8-12(15)3/h6-9,11,13-14,18H,4-5,10H2,1-3H3. The molecule has 3 nitrogen and oxygen atoms in total. The Kier molecular flexibility index (Phi) is 3.51. The first-order valence-electron chi connectivity index (χ1n) is 7.65. The number of hydrogen-bond acceptors (Lipinski definition) is 2. The van der Waals surface area contributed by atoms with Crippen LogP contribution in [0.1, 0.15) is 44.7 Å². The second kappa shape index (κ2) is 5.31. The first-order chi connectivity index (χ1) is 9.72. The Morgan fingerprint density at radius 3 is 2.75 bits per heavy atom. The number of aryl methyl sites for hydroxylation is 1. The molecule has 106 valence electrons. The summed E-state index contributed by atoms with van der Waals surface area (Å²) in [6.07, 6.45) is 3.48. The van der Waals surface area contributed by atoms with E-state index in [1.807, 2.05) is 0 Å². The minimum atomic E-state index is 0.522. The fourth-order valence-corrected chi connectivity index (χ4v) is 3.08. The monoisotopic (exact) mass is 269 g/mol. The van der Waals surface area contributed by atoms with Crippen LogP contribution in [0.5, 0.6) is 0 Å². The molecule has 2 heterocycles. The van der Waals surface area contributed by atoms with Crippen LogP contribution in [0.3, 0.4) is 0 Å². The van der Waals surface area contributed by atoms with Gasteiger partial charge in [-0.15, -0.1) is 0 Å². The number of nitrogens with zero attached hydrogens (tertiary/aromatic N) is 2. The van der Waals surface area contributed by atoms with E-state index >= 15 is 0 Å². The first kappa shape index (κ1) is 13.2. The highest BCUT2D eigenvalue weighted by Crippen LogP contribution is 2.34. The summed E-state index contributed by atoms with van der Waals surface area (Å²) in [6.45, 7) is 6.65. The molecule has 0 amide bonds. The van der Waals surface area contributed by atoms with Crippen molar-refractivity contribution >= 4 is 5.82 Å². The third-order valence-corrected chi connectivity index (χ3v) is 4.38. The normalized spacial score (nSPS) is 21.4. The molecule has 0 saturated heterocycles. The quantitative estimate of drug-likeness (QED) is 0.894. The fraction of sp³-hybridized carbons (Fsp3) is 0.471. The third-order valence-electron chi connectivity index (χ3n) is 4.38. The van der Waals surface area contributed by atoms with E-state index in [1.54, 1.807) is 0 Å². The van der Waals surface area contributed by atoms with Gasteiger partial charge in [-0.2, -0.15) is 5.10 Å². The van der Waals surface area contributed by atoms with Gasteiger partial charge in [-0.1, -0.05) is 38.1 Å². The predicted octanol–water partition coefficient (Wildman–Crippen LogP) is 4.40. The molecule has 1 aliphatic rings. The molecule has 2 atom stereocenters. The van der Waals surface area contributed by atoms with E-state index in [1.165, 1.54) is 29.8 Å². The smallest absolute Gasteiger partial charge is 0.125 e. The molecule has 1 aromatic carbocycles. The average molecular weight is 269 g/mol. The van der Waals surface area contributed by atoms with Gasteiger partial charge in [0, 0.05) is 17.7 Å². The SMILES string of the molecule is CCC1CC(CC)n2nc(-c3ccccc3C)cc2N1. The van der Waals surface area contributed by atoms with Crippen molar-refractivity contribution in [2.45, 2.75) is 52.1 Å². The van der Waals surface area contributed by atoms with Gasteiger partial charge in [0.25, 0.3) is 0 Å². The number of anilines is 1. The second-order valence-corrected chi connectivity index (χ2v) is 5.72. The van der Waals surface area contributed by atoms with Gasteiger partial charge in [0.05, 0.1) is 11.7 Å². The molecule has 20 heavy (non-hydrogen) atoms. The van der Waals surface area contributed by atoms with Crippen LogP contribution in [0.2, 0.25) is 0 Å². The zero-order chi connectivity index (χ0) is 14.1. The van der Waals surface area contributed by atoms with Gasteiger partial charge >= 0.3 is 0 Å². The lowest BCUT2D eigenvalue weighted by Crippen LogP contribution is -2.31. The molecule has 0 radical (unpaired) electrons. The molecular formula is C17H23N3. The van der Waals surface area contributed by atoms with Crippen molar-refractivity contribution in [1.82, 2.24) is 9.78 Å². The highest BCUT2D eigenvalue weighted by molar-refractivity contribution is 5.66. The maximum atomic E-state index is 4.86. The fourth-order valence-electron chi connectivity index (χ4n) is 3.08.